The maximum Gasteiger partial charge on any atom is 0.154 e. The average molecular weight is 259 g/mol. The van der Waals surface area contributed by atoms with E-state index in [1.54, 1.807) is 11.3 Å². The molecule has 16 heavy (non-hydrogen) atoms. The van der Waals surface area contributed by atoms with E-state index < -0.39 is 9.84 Å². The molecule has 0 bridgehead atoms. The first-order valence-electron chi connectivity index (χ1n) is 5.63. The van der Waals surface area contributed by atoms with E-state index in [0.717, 1.165) is 25.8 Å². The van der Waals surface area contributed by atoms with Crippen molar-refractivity contribution >= 4 is 21.2 Å². The second kappa shape index (κ2) is 5.29. The van der Waals surface area contributed by atoms with Crippen molar-refractivity contribution in [3.05, 3.63) is 22.4 Å². The molecule has 1 N–H and O–H groups in total. The Hall–Kier alpha value is -0.390. The maximum atomic E-state index is 11.5. The highest BCUT2D eigenvalue weighted by Gasteiger charge is 2.30. The minimum atomic E-state index is -2.78. The molecule has 0 aliphatic carbocycles. The normalized spacial score (nSPS) is 23.6. The summed E-state index contributed by atoms with van der Waals surface area (Å²) in [6, 6.07) is 4.15. The zero-order valence-corrected chi connectivity index (χ0v) is 10.8. The van der Waals surface area contributed by atoms with Gasteiger partial charge in [0.25, 0.3) is 0 Å². The van der Waals surface area contributed by atoms with Gasteiger partial charge in [0.1, 0.15) is 0 Å². The van der Waals surface area contributed by atoms with Gasteiger partial charge < -0.3 is 5.32 Å². The van der Waals surface area contributed by atoms with Gasteiger partial charge in [-0.25, -0.2) is 8.42 Å². The lowest BCUT2D eigenvalue weighted by molar-refractivity contribution is 0.575. The molecule has 2 heterocycles. The summed E-state index contributed by atoms with van der Waals surface area (Å²) in [5, 5.41) is 5.17. The molecule has 1 aliphatic heterocycles. The predicted molar refractivity (Wildman–Crippen MR) is 67.7 cm³/mol. The van der Waals surface area contributed by atoms with E-state index in [0.29, 0.717) is 12.3 Å². The van der Waals surface area contributed by atoms with Crippen LogP contribution >= 0.6 is 11.3 Å². The van der Waals surface area contributed by atoms with Gasteiger partial charge >= 0.3 is 0 Å². The molecular formula is C11H17NO2S2. The highest BCUT2D eigenvalue weighted by molar-refractivity contribution is 7.92. The quantitative estimate of drug-likeness (QED) is 0.814. The number of hydrogen-bond donors (Lipinski definition) is 1. The van der Waals surface area contributed by atoms with Crippen LogP contribution in [0.4, 0.5) is 0 Å². The first kappa shape index (κ1) is 12.1. The molecule has 5 heteroatoms. The van der Waals surface area contributed by atoms with Crippen molar-refractivity contribution in [1.82, 2.24) is 5.32 Å². The van der Waals surface area contributed by atoms with E-state index in [1.165, 1.54) is 4.88 Å². The number of hydrogen-bond acceptors (Lipinski definition) is 4. The average Bonchev–Trinajstić information content (AvgIpc) is 2.83. The Morgan fingerprint density at radius 2 is 2.38 bits per heavy atom. The van der Waals surface area contributed by atoms with E-state index in [9.17, 15) is 8.42 Å². The zero-order valence-electron chi connectivity index (χ0n) is 9.19. The standard InChI is InChI=1S/C11H17NO2S2/c13-16(14)8-2-4-11(16)9-12-6-5-10-3-1-7-15-10/h1,3,7,11-12H,2,4-6,8-9H2. The third kappa shape index (κ3) is 3.06. The molecule has 3 nitrogen and oxygen atoms in total. The van der Waals surface area contributed by atoms with E-state index >= 15 is 0 Å². The summed E-state index contributed by atoms with van der Waals surface area (Å²) in [6.45, 7) is 1.49. The molecule has 1 atom stereocenters. The van der Waals surface area contributed by atoms with Crippen LogP contribution in [0.5, 0.6) is 0 Å². The first-order chi connectivity index (χ1) is 7.68. The van der Waals surface area contributed by atoms with Gasteiger partial charge in [0.05, 0.1) is 11.0 Å². The van der Waals surface area contributed by atoms with Crippen LogP contribution in [0.3, 0.4) is 0 Å². The fourth-order valence-electron chi connectivity index (χ4n) is 2.02. The van der Waals surface area contributed by atoms with Gasteiger partial charge in [-0.1, -0.05) is 6.07 Å². The summed E-state index contributed by atoms with van der Waals surface area (Å²) in [5.74, 6) is 0.379. The Morgan fingerprint density at radius 3 is 3.00 bits per heavy atom. The molecule has 1 aromatic heterocycles. The summed E-state index contributed by atoms with van der Waals surface area (Å²) in [6.07, 6.45) is 2.65. The van der Waals surface area contributed by atoms with Gasteiger partial charge in [-0.3, -0.25) is 0 Å². The molecule has 0 saturated carbocycles. The van der Waals surface area contributed by atoms with E-state index in [-0.39, 0.29) is 5.25 Å². The summed E-state index contributed by atoms with van der Waals surface area (Å²) < 4.78 is 23.1. The van der Waals surface area contributed by atoms with Crippen LogP contribution < -0.4 is 5.32 Å². The van der Waals surface area contributed by atoms with Crippen molar-refractivity contribution in [2.24, 2.45) is 0 Å². The van der Waals surface area contributed by atoms with Gasteiger partial charge in [-0.2, -0.15) is 0 Å². The molecule has 0 radical (unpaired) electrons. The number of sulfone groups is 1. The monoisotopic (exact) mass is 259 g/mol. The van der Waals surface area contributed by atoms with E-state index in [4.69, 9.17) is 0 Å². The van der Waals surface area contributed by atoms with Crippen molar-refractivity contribution in [1.29, 1.82) is 0 Å². The number of rotatable bonds is 5. The fourth-order valence-corrected chi connectivity index (χ4v) is 4.53. The third-order valence-electron chi connectivity index (χ3n) is 2.96. The van der Waals surface area contributed by atoms with Crippen molar-refractivity contribution in [3.8, 4) is 0 Å². The summed E-state index contributed by atoms with van der Waals surface area (Å²) in [4.78, 5) is 1.35. The molecule has 1 fully saturated rings. The second-order valence-electron chi connectivity index (χ2n) is 4.16. The largest absolute Gasteiger partial charge is 0.315 e. The lowest BCUT2D eigenvalue weighted by Crippen LogP contribution is -2.31. The van der Waals surface area contributed by atoms with Gasteiger partial charge in [-0.05, 0) is 30.7 Å². The summed E-state index contributed by atoms with van der Waals surface area (Å²) >= 11 is 1.75. The minimum Gasteiger partial charge on any atom is -0.315 e. The van der Waals surface area contributed by atoms with Crippen molar-refractivity contribution in [3.63, 3.8) is 0 Å². The second-order valence-corrected chi connectivity index (χ2v) is 7.60. The molecule has 1 aromatic rings. The number of thiophene rings is 1. The van der Waals surface area contributed by atoms with E-state index in [2.05, 4.69) is 16.8 Å². The Labute approximate surface area is 101 Å². The van der Waals surface area contributed by atoms with E-state index in [1.807, 2.05) is 6.07 Å². The van der Waals surface area contributed by atoms with Crippen LogP contribution in [0.2, 0.25) is 0 Å². The molecular weight excluding hydrogens is 242 g/mol. The van der Waals surface area contributed by atoms with Crippen LogP contribution in [0.25, 0.3) is 0 Å². The topological polar surface area (TPSA) is 46.2 Å². The van der Waals surface area contributed by atoms with Crippen LogP contribution in [0.1, 0.15) is 17.7 Å². The smallest absolute Gasteiger partial charge is 0.154 e. The Bertz CT molecular complexity index is 411. The van der Waals surface area contributed by atoms with Crippen molar-refractivity contribution in [2.45, 2.75) is 24.5 Å². The fraction of sp³-hybridized carbons (Fsp3) is 0.636. The molecule has 1 aliphatic rings. The van der Waals surface area contributed by atoms with Crippen molar-refractivity contribution < 1.29 is 8.42 Å². The SMILES string of the molecule is O=S1(=O)CCCC1CNCCc1cccs1. The third-order valence-corrected chi connectivity index (χ3v) is 6.18. The lowest BCUT2D eigenvalue weighted by Gasteiger charge is -2.09. The van der Waals surface area contributed by atoms with Gasteiger partial charge in [0.15, 0.2) is 9.84 Å². The van der Waals surface area contributed by atoms with Gasteiger partial charge in [0.2, 0.25) is 0 Å². The van der Waals surface area contributed by atoms with Gasteiger partial charge in [0, 0.05) is 18.0 Å². The lowest BCUT2D eigenvalue weighted by atomic mass is 10.2. The number of nitrogens with one attached hydrogen (secondary N) is 1. The highest BCUT2D eigenvalue weighted by atomic mass is 32.2. The van der Waals surface area contributed by atoms with Crippen LogP contribution in [-0.4, -0.2) is 32.5 Å². The van der Waals surface area contributed by atoms with Crippen LogP contribution in [-0.2, 0) is 16.3 Å². The molecule has 1 unspecified atom stereocenters. The Kier molecular flexibility index (Phi) is 4.00. The maximum absolute atomic E-state index is 11.5. The molecule has 2 rings (SSSR count). The molecule has 90 valence electrons. The molecule has 1 saturated heterocycles. The summed E-state index contributed by atoms with van der Waals surface area (Å²) in [5.41, 5.74) is 0. The van der Waals surface area contributed by atoms with Crippen molar-refractivity contribution in [2.75, 3.05) is 18.8 Å². The Balaban J connectivity index is 1.69. The van der Waals surface area contributed by atoms with Gasteiger partial charge in [-0.15, -0.1) is 11.3 Å². The first-order valence-corrected chi connectivity index (χ1v) is 8.23. The predicted octanol–water partition coefficient (Wildman–Crippen LogP) is 1.46. The molecule has 0 spiro atoms. The zero-order chi connectivity index (χ0) is 11.4. The highest BCUT2D eigenvalue weighted by Crippen LogP contribution is 2.19. The summed E-state index contributed by atoms with van der Waals surface area (Å²) in [7, 11) is -2.78. The minimum absolute atomic E-state index is 0.143. The molecule has 0 aromatic carbocycles. The Morgan fingerprint density at radius 1 is 1.50 bits per heavy atom. The molecule has 0 amide bonds. The van der Waals surface area contributed by atoms with Crippen LogP contribution in [0.15, 0.2) is 17.5 Å². The van der Waals surface area contributed by atoms with Crippen LogP contribution in [0, 0.1) is 0 Å².